The maximum absolute atomic E-state index is 12.1. The number of rotatable bonds is 7. The van der Waals surface area contributed by atoms with E-state index in [0.717, 1.165) is 27.0 Å². The van der Waals surface area contributed by atoms with Gasteiger partial charge < -0.3 is 14.5 Å². The molecule has 27 heavy (non-hydrogen) atoms. The van der Waals surface area contributed by atoms with Crippen molar-refractivity contribution in [3.63, 3.8) is 0 Å². The second kappa shape index (κ2) is 9.05. The van der Waals surface area contributed by atoms with Crippen LogP contribution in [0.15, 0.2) is 56.6 Å². The largest absolute Gasteiger partial charge is 0.497 e. The summed E-state index contributed by atoms with van der Waals surface area (Å²) in [6, 6.07) is 13.3. The molecule has 6 nitrogen and oxygen atoms in total. The number of ether oxygens (including phenoxy) is 1. The van der Waals surface area contributed by atoms with Crippen molar-refractivity contribution < 1.29 is 13.9 Å². The molecule has 0 spiro atoms. The van der Waals surface area contributed by atoms with E-state index in [2.05, 4.69) is 31.4 Å². The predicted octanol–water partition coefficient (Wildman–Crippen LogP) is 4.47. The Labute approximate surface area is 169 Å². The molecule has 0 unspecified atom stereocenters. The molecular weight excluding hydrogens is 430 g/mol. The van der Waals surface area contributed by atoms with E-state index < -0.39 is 0 Å². The van der Waals surface area contributed by atoms with Crippen molar-refractivity contribution in [3.8, 4) is 5.75 Å². The standard InChI is InChI=1S/C19H18BrN3O3S/c1-12-3-6-14(10-16(12)20)21-17(24)11-27-19-23-22-18(26-19)9-13-4-7-15(25-2)8-5-13/h3-8,10H,9,11H2,1-2H3,(H,21,24). The number of halogens is 1. The zero-order valence-electron chi connectivity index (χ0n) is 14.9. The lowest BCUT2D eigenvalue weighted by Gasteiger charge is -2.06. The first-order chi connectivity index (χ1) is 13.0. The Balaban J connectivity index is 1.51. The first-order valence-corrected chi connectivity index (χ1v) is 9.95. The number of carbonyl (C=O) groups is 1. The molecule has 0 fully saturated rings. The summed E-state index contributed by atoms with van der Waals surface area (Å²) in [6.45, 7) is 1.99. The number of benzene rings is 2. The molecule has 0 saturated heterocycles. The lowest BCUT2D eigenvalue weighted by Crippen LogP contribution is -2.14. The Morgan fingerprint density at radius 2 is 2.00 bits per heavy atom. The van der Waals surface area contributed by atoms with Crippen molar-refractivity contribution in [2.45, 2.75) is 18.6 Å². The summed E-state index contributed by atoms with van der Waals surface area (Å²) in [5.74, 6) is 1.36. The summed E-state index contributed by atoms with van der Waals surface area (Å²) in [4.78, 5) is 12.1. The quantitative estimate of drug-likeness (QED) is 0.538. The van der Waals surface area contributed by atoms with Crippen LogP contribution in [0.3, 0.4) is 0 Å². The molecule has 0 aliphatic rings. The van der Waals surface area contributed by atoms with E-state index in [1.165, 1.54) is 11.8 Å². The van der Waals surface area contributed by atoms with Crippen molar-refractivity contribution in [1.82, 2.24) is 10.2 Å². The van der Waals surface area contributed by atoms with Gasteiger partial charge in [0.15, 0.2) is 0 Å². The molecule has 0 saturated carbocycles. The number of aryl methyl sites for hydroxylation is 1. The minimum absolute atomic E-state index is 0.134. The number of amides is 1. The summed E-state index contributed by atoms with van der Waals surface area (Å²) in [5, 5.41) is 11.2. The second-order valence-electron chi connectivity index (χ2n) is 5.79. The van der Waals surface area contributed by atoms with Crippen LogP contribution in [0, 0.1) is 6.92 Å². The second-order valence-corrected chi connectivity index (χ2v) is 7.57. The molecule has 1 heterocycles. The van der Waals surface area contributed by atoms with Gasteiger partial charge in [0.25, 0.3) is 5.22 Å². The third-order valence-electron chi connectivity index (χ3n) is 3.75. The van der Waals surface area contributed by atoms with E-state index >= 15 is 0 Å². The maximum Gasteiger partial charge on any atom is 0.277 e. The minimum atomic E-state index is -0.134. The third kappa shape index (κ3) is 5.58. The number of thioether (sulfide) groups is 1. The smallest absolute Gasteiger partial charge is 0.277 e. The number of carbonyl (C=O) groups excluding carboxylic acids is 1. The molecule has 1 N–H and O–H groups in total. The fraction of sp³-hybridized carbons (Fsp3) is 0.211. The molecular formula is C19H18BrN3O3S. The molecule has 140 valence electrons. The average molecular weight is 448 g/mol. The van der Waals surface area contributed by atoms with Crippen LogP contribution in [0.25, 0.3) is 0 Å². The molecule has 0 radical (unpaired) electrons. The number of hydrogen-bond acceptors (Lipinski definition) is 6. The van der Waals surface area contributed by atoms with E-state index in [1.807, 2.05) is 49.4 Å². The van der Waals surface area contributed by atoms with Gasteiger partial charge in [0.2, 0.25) is 11.8 Å². The third-order valence-corrected chi connectivity index (χ3v) is 5.42. The Bertz CT molecular complexity index is 928. The number of methoxy groups -OCH3 is 1. The normalized spacial score (nSPS) is 10.6. The van der Waals surface area contributed by atoms with Crippen LogP contribution in [0.1, 0.15) is 17.0 Å². The van der Waals surface area contributed by atoms with Gasteiger partial charge >= 0.3 is 0 Å². The number of nitrogens with zero attached hydrogens (tertiary/aromatic N) is 2. The van der Waals surface area contributed by atoms with Crippen LogP contribution in [-0.4, -0.2) is 29.0 Å². The van der Waals surface area contributed by atoms with Gasteiger partial charge in [0.05, 0.1) is 19.3 Å². The topological polar surface area (TPSA) is 77.2 Å². The van der Waals surface area contributed by atoms with Crippen LogP contribution in [-0.2, 0) is 11.2 Å². The Morgan fingerprint density at radius 1 is 1.22 bits per heavy atom. The lowest BCUT2D eigenvalue weighted by molar-refractivity contribution is -0.113. The van der Waals surface area contributed by atoms with Gasteiger partial charge in [-0.25, -0.2) is 0 Å². The highest BCUT2D eigenvalue weighted by molar-refractivity contribution is 9.10. The monoisotopic (exact) mass is 447 g/mol. The molecule has 1 amide bonds. The number of aromatic nitrogens is 2. The Hall–Kier alpha value is -2.32. The molecule has 3 aromatic rings. The molecule has 2 aromatic carbocycles. The first kappa shape index (κ1) is 19.4. The summed E-state index contributed by atoms with van der Waals surface area (Å²) >= 11 is 4.66. The van der Waals surface area contributed by atoms with Crippen molar-refractivity contribution in [3.05, 3.63) is 64.0 Å². The van der Waals surface area contributed by atoms with Crippen molar-refractivity contribution >= 4 is 39.3 Å². The van der Waals surface area contributed by atoms with E-state index in [9.17, 15) is 4.79 Å². The van der Waals surface area contributed by atoms with Gasteiger partial charge in [0, 0.05) is 10.2 Å². The van der Waals surface area contributed by atoms with Gasteiger partial charge in [-0.2, -0.15) is 0 Å². The van der Waals surface area contributed by atoms with E-state index in [0.29, 0.717) is 17.5 Å². The maximum atomic E-state index is 12.1. The number of nitrogens with one attached hydrogen (secondary N) is 1. The van der Waals surface area contributed by atoms with E-state index in [1.54, 1.807) is 7.11 Å². The van der Waals surface area contributed by atoms with E-state index in [4.69, 9.17) is 9.15 Å². The summed E-state index contributed by atoms with van der Waals surface area (Å²) < 4.78 is 11.7. The van der Waals surface area contributed by atoms with Crippen LogP contribution < -0.4 is 10.1 Å². The van der Waals surface area contributed by atoms with Gasteiger partial charge in [-0.15, -0.1) is 10.2 Å². The summed E-state index contributed by atoms with van der Waals surface area (Å²) in [7, 11) is 1.63. The molecule has 0 atom stereocenters. The molecule has 8 heteroatoms. The Kier molecular flexibility index (Phi) is 6.52. The van der Waals surface area contributed by atoms with Gasteiger partial charge in [0.1, 0.15) is 5.75 Å². The molecule has 0 bridgehead atoms. The van der Waals surface area contributed by atoms with Crippen LogP contribution in [0.5, 0.6) is 5.75 Å². The fourth-order valence-electron chi connectivity index (χ4n) is 2.28. The van der Waals surface area contributed by atoms with Crippen LogP contribution >= 0.6 is 27.7 Å². The number of hydrogen-bond donors (Lipinski definition) is 1. The van der Waals surface area contributed by atoms with Crippen molar-refractivity contribution in [1.29, 1.82) is 0 Å². The highest BCUT2D eigenvalue weighted by Crippen LogP contribution is 2.22. The van der Waals surface area contributed by atoms with Crippen molar-refractivity contribution in [2.75, 3.05) is 18.2 Å². The van der Waals surface area contributed by atoms with E-state index in [-0.39, 0.29) is 11.7 Å². The Morgan fingerprint density at radius 3 is 2.70 bits per heavy atom. The molecule has 0 aliphatic heterocycles. The highest BCUT2D eigenvalue weighted by Gasteiger charge is 2.11. The number of anilines is 1. The van der Waals surface area contributed by atoms with Crippen molar-refractivity contribution in [2.24, 2.45) is 0 Å². The zero-order chi connectivity index (χ0) is 19.2. The first-order valence-electron chi connectivity index (χ1n) is 8.17. The summed E-state index contributed by atoms with van der Waals surface area (Å²) in [5.41, 5.74) is 2.89. The van der Waals surface area contributed by atoms with Gasteiger partial charge in [-0.3, -0.25) is 4.79 Å². The highest BCUT2D eigenvalue weighted by atomic mass is 79.9. The SMILES string of the molecule is COc1ccc(Cc2nnc(SCC(=O)Nc3ccc(C)c(Br)c3)o2)cc1. The van der Waals surface area contributed by atoms with Gasteiger partial charge in [-0.05, 0) is 42.3 Å². The molecule has 3 rings (SSSR count). The molecule has 1 aromatic heterocycles. The molecule has 0 aliphatic carbocycles. The summed E-state index contributed by atoms with van der Waals surface area (Å²) in [6.07, 6.45) is 0.529. The minimum Gasteiger partial charge on any atom is -0.497 e. The predicted molar refractivity (Wildman–Crippen MR) is 108 cm³/mol. The van der Waals surface area contributed by atoms with Crippen LogP contribution in [0.2, 0.25) is 0 Å². The average Bonchev–Trinajstić information content (AvgIpc) is 3.11. The lowest BCUT2D eigenvalue weighted by atomic mass is 10.1. The fourth-order valence-corrected chi connectivity index (χ4v) is 3.24. The van der Waals surface area contributed by atoms with Crippen LogP contribution in [0.4, 0.5) is 5.69 Å². The zero-order valence-corrected chi connectivity index (χ0v) is 17.3. The van der Waals surface area contributed by atoms with Gasteiger partial charge in [-0.1, -0.05) is 45.9 Å².